The Hall–Kier alpha value is -0.910. The normalized spacial score (nSPS) is 15.5. The first-order valence-corrected chi connectivity index (χ1v) is 7.91. The molecule has 0 amide bonds. The van der Waals surface area contributed by atoms with E-state index in [2.05, 4.69) is 49.7 Å². The van der Waals surface area contributed by atoms with Crippen LogP contribution in [0.4, 0.5) is 0 Å². The lowest BCUT2D eigenvalue weighted by Crippen LogP contribution is -2.26. The number of likely N-dealkylation sites (N-methyl/N-ethyl adjacent to an activating group) is 1. The van der Waals surface area contributed by atoms with E-state index in [1.54, 1.807) is 0 Å². The van der Waals surface area contributed by atoms with E-state index in [-0.39, 0.29) is 5.41 Å². The van der Waals surface area contributed by atoms with E-state index in [1.165, 1.54) is 17.2 Å². The molecule has 0 unspecified atom stereocenters. The minimum atomic E-state index is 0.0704. The second-order valence-corrected chi connectivity index (χ2v) is 7.07. The van der Waals surface area contributed by atoms with Gasteiger partial charge in [-0.05, 0) is 14.1 Å². The fraction of sp³-hybridized carbons (Fsp3) is 0.812. The lowest BCUT2D eigenvalue weighted by molar-refractivity contribution is 0.109. The Morgan fingerprint density at radius 3 is 2.71 bits per heavy atom. The van der Waals surface area contributed by atoms with Gasteiger partial charge < -0.3 is 19.5 Å². The van der Waals surface area contributed by atoms with Gasteiger partial charge in [0.05, 0.1) is 18.9 Å². The number of ether oxygens (including phenoxy) is 1. The molecule has 0 fully saturated rings. The Bertz CT molecular complexity index is 460. The fourth-order valence-corrected chi connectivity index (χ4v) is 2.69. The van der Waals surface area contributed by atoms with Crippen molar-refractivity contribution in [2.24, 2.45) is 0 Å². The molecule has 0 saturated carbocycles. The molecule has 0 aliphatic carbocycles. The smallest absolute Gasteiger partial charge is 0.114 e. The minimum Gasteiger partial charge on any atom is -0.378 e. The maximum absolute atomic E-state index is 5.77. The average Bonchev–Trinajstić information content (AvgIpc) is 2.77. The highest BCUT2D eigenvalue weighted by Crippen LogP contribution is 2.26. The molecule has 0 saturated heterocycles. The molecule has 1 aliphatic heterocycles. The Balaban J connectivity index is 2.04. The van der Waals surface area contributed by atoms with Gasteiger partial charge in [-0.25, -0.2) is 4.98 Å². The van der Waals surface area contributed by atoms with Gasteiger partial charge in [-0.15, -0.1) is 0 Å². The Morgan fingerprint density at radius 2 is 2.05 bits per heavy atom. The molecule has 0 bridgehead atoms. The molecule has 5 heteroatoms. The van der Waals surface area contributed by atoms with Crippen molar-refractivity contribution < 1.29 is 4.74 Å². The van der Waals surface area contributed by atoms with Crippen molar-refractivity contribution in [1.29, 1.82) is 0 Å². The first-order chi connectivity index (χ1) is 9.89. The molecule has 0 aromatic carbocycles. The van der Waals surface area contributed by atoms with Gasteiger partial charge in [0.25, 0.3) is 0 Å². The van der Waals surface area contributed by atoms with Gasteiger partial charge in [0.2, 0.25) is 0 Å². The lowest BCUT2D eigenvalue weighted by Gasteiger charge is -2.22. The second kappa shape index (κ2) is 6.90. The van der Waals surface area contributed by atoms with Gasteiger partial charge in [-0.3, -0.25) is 0 Å². The van der Waals surface area contributed by atoms with E-state index < -0.39 is 0 Å². The molecule has 0 radical (unpaired) electrons. The van der Waals surface area contributed by atoms with E-state index >= 15 is 0 Å². The predicted octanol–water partition coefficient (Wildman–Crippen LogP) is 1.40. The van der Waals surface area contributed by atoms with Crippen LogP contribution >= 0.6 is 0 Å². The number of rotatable bonds is 6. The Morgan fingerprint density at radius 1 is 1.29 bits per heavy atom. The molecule has 5 nitrogen and oxygen atoms in total. The minimum absolute atomic E-state index is 0.0704. The molecule has 2 rings (SSSR count). The summed E-state index contributed by atoms with van der Waals surface area (Å²) in [6.07, 6.45) is 1.07. The largest absolute Gasteiger partial charge is 0.378 e. The number of fused-ring (bicyclic) bond motifs is 1. The number of nitrogens with one attached hydrogen (secondary N) is 1. The molecule has 1 N–H and O–H groups in total. The van der Waals surface area contributed by atoms with Crippen molar-refractivity contribution in [2.45, 2.75) is 45.7 Å². The van der Waals surface area contributed by atoms with E-state index in [0.717, 1.165) is 45.8 Å². The Kier molecular flexibility index (Phi) is 5.41. The van der Waals surface area contributed by atoms with E-state index in [1.807, 2.05) is 0 Å². The van der Waals surface area contributed by atoms with Crippen LogP contribution < -0.4 is 5.32 Å². The Labute approximate surface area is 128 Å². The highest BCUT2D eigenvalue weighted by atomic mass is 16.5. The van der Waals surface area contributed by atoms with Crippen molar-refractivity contribution >= 4 is 0 Å². The van der Waals surface area contributed by atoms with Crippen molar-refractivity contribution in [3.63, 3.8) is 0 Å². The molecular weight excluding hydrogens is 264 g/mol. The molecule has 0 spiro atoms. The quantitative estimate of drug-likeness (QED) is 0.806. The highest BCUT2D eigenvalue weighted by Gasteiger charge is 2.26. The molecule has 2 heterocycles. The third-order valence-corrected chi connectivity index (χ3v) is 3.80. The van der Waals surface area contributed by atoms with Gasteiger partial charge in [0.15, 0.2) is 0 Å². The lowest BCUT2D eigenvalue weighted by atomic mass is 9.95. The van der Waals surface area contributed by atoms with Crippen LogP contribution in [0, 0.1) is 0 Å². The average molecular weight is 294 g/mol. The number of nitrogens with zero attached hydrogens (tertiary/aromatic N) is 3. The topological polar surface area (TPSA) is 42.3 Å². The first-order valence-electron chi connectivity index (χ1n) is 7.91. The second-order valence-electron chi connectivity index (χ2n) is 7.07. The van der Waals surface area contributed by atoms with Crippen molar-refractivity contribution in [1.82, 2.24) is 19.8 Å². The van der Waals surface area contributed by atoms with Crippen LogP contribution in [-0.4, -0.2) is 54.8 Å². The van der Waals surface area contributed by atoms with Gasteiger partial charge in [-0.1, -0.05) is 20.8 Å². The van der Waals surface area contributed by atoms with Gasteiger partial charge >= 0.3 is 0 Å². The van der Waals surface area contributed by atoms with Crippen molar-refractivity contribution in [2.75, 3.05) is 40.4 Å². The van der Waals surface area contributed by atoms with E-state index in [9.17, 15) is 0 Å². The fourth-order valence-electron chi connectivity index (χ4n) is 2.69. The predicted molar refractivity (Wildman–Crippen MR) is 85.7 cm³/mol. The first kappa shape index (κ1) is 16.5. The zero-order chi connectivity index (χ0) is 15.5. The number of hydrogen-bond acceptors (Lipinski definition) is 4. The van der Waals surface area contributed by atoms with Crippen LogP contribution in [0.1, 0.15) is 38.0 Å². The number of aromatic nitrogens is 2. The van der Waals surface area contributed by atoms with Crippen LogP contribution in [-0.2, 0) is 29.7 Å². The van der Waals surface area contributed by atoms with Crippen LogP contribution in [0.15, 0.2) is 0 Å². The molecule has 21 heavy (non-hydrogen) atoms. The maximum atomic E-state index is 5.77. The summed E-state index contributed by atoms with van der Waals surface area (Å²) in [5, 5.41) is 3.41. The molecule has 1 aliphatic rings. The van der Waals surface area contributed by atoms with Gasteiger partial charge in [0.1, 0.15) is 5.82 Å². The van der Waals surface area contributed by atoms with Gasteiger partial charge in [0, 0.05) is 43.7 Å². The van der Waals surface area contributed by atoms with Crippen LogP contribution in [0.5, 0.6) is 0 Å². The summed E-state index contributed by atoms with van der Waals surface area (Å²) in [6, 6.07) is 0. The zero-order valence-electron chi connectivity index (χ0n) is 14.2. The van der Waals surface area contributed by atoms with E-state index in [0.29, 0.717) is 0 Å². The summed E-state index contributed by atoms with van der Waals surface area (Å²) in [5.41, 5.74) is 2.69. The molecule has 1 aromatic heterocycles. The summed E-state index contributed by atoms with van der Waals surface area (Å²) in [5.74, 6) is 1.19. The maximum Gasteiger partial charge on any atom is 0.114 e. The summed E-state index contributed by atoms with van der Waals surface area (Å²) >= 11 is 0. The van der Waals surface area contributed by atoms with Crippen LogP contribution in [0.3, 0.4) is 0 Å². The monoisotopic (exact) mass is 294 g/mol. The van der Waals surface area contributed by atoms with Crippen molar-refractivity contribution in [3.8, 4) is 0 Å². The summed E-state index contributed by atoms with van der Waals surface area (Å²) in [7, 11) is 4.14. The molecular formula is C16H30N4O. The van der Waals surface area contributed by atoms with Crippen LogP contribution in [0.2, 0.25) is 0 Å². The summed E-state index contributed by atoms with van der Waals surface area (Å²) < 4.78 is 8.17. The summed E-state index contributed by atoms with van der Waals surface area (Å²) in [6.45, 7) is 12.1. The molecule has 0 atom stereocenters. The zero-order valence-corrected chi connectivity index (χ0v) is 14.2. The summed E-state index contributed by atoms with van der Waals surface area (Å²) in [4.78, 5) is 7.03. The third-order valence-electron chi connectivity index (χ3n) is 3.80. The molecule has 120 valence electrons. The molecule has 1 aromatic rings. The van der Waals surface area contributed by atoms with Crippen molar-refractivity contribution in [3.05, 3.63) is 17.2 Å². The number of imidazole rings is 1. The standard InChI is InChI=1S/C16H30N4O/c1-16(2,3)15-18-13-12-17-7-6-14(13)20(15)9-11-21-10-8-19(4)5/h17H,6-12H2,1-5H3. The van der Waals surface area contributed by atoms with Gasteiger partial charge in [-0.2, -0.15) is 0 Å². The van der Waals surface area contributed by atoms with E-state index in [4.69, 9.17) is 9.72 Å². The van der Waals surface area contributed by atoms with Crippen LogP contribution in [0.25, 0.3) is 0 Å². The highest BCUT2D eigenvalue weighted by molar-refractivity contribution is 5.23. The SMILES string of the molecule is CN(C)CCOCCn1c(C(C)(C)C)nc2c1CCNC2. The third kappa shape index (κ3) is 4.28. The number of hydrogen-bond donors (Lipinski definition) is 1.